The molecule has 6 heteroatoms. The normalized spacial score (nSPS) is 11.9. The van der Waals surface area contributed by atoms with E-state index in [1.54, 1.807) is 0 Å². The summed E-state index contributed by atoms with van der Waals surface area (Å²) < 4.78 is 16.7. The van der Waals surface area contributed by atoms with E-state index in [4.69, 9.17) is 14.2 Å². The molecule has 0 aromatic rings. The van der Waals surface area contributed by atoms with E-state index in [2.05, 4.69) is 27.7 Å². The van der Waals surface area contributed by atoms with Crippen LogP contribution in [0.3, 0.4) is 0 Å². The van der Waals surface area contributed by atoms with Crippen LogP contribution in [0.15, 0.2) is 0 Å². The summed E-state index contributed by atoms with van der Waals surface area (Å²) in [5.74, 6) is -0.0312. The van der Waals surface area contributed by atoms with E-state index in [9.17, 15) is 14.4 Å². The van der Waals surface area contributed by atoms with E-state index in [-0.39, 0.29) is 31.1 Å². The van der Waals surface area contributed by atoms with Gasteiger partial charge in [0.1, 0.15) is 13.2 Å². The Hall–Kier alpha value is -1.59. The zero-order chi connectivity index (χ0) is 38.9. The van der Waals surface area contributed by atoms with E-state index >= 15 is 0 Å². The van der Waals surface area contributed by atoms with Crippen LogP contribution in [0, 0.1) is 5.92 Å². The average Bonchev–Trinajstić information content (AvgIpc) is 3.14. The molecule has 0 radical (unpaired) electrons. The first kappa shape index (κ1) is 51.4. The molecule has 1 atom stereocenters. The topological polar surface area (TPSA) is 78.9 Å². The third-order valence-electron chi connectivity index (χ3n) is 10.5. The first-order valence-electron chi connectivity index (χ1n) is 23.4. The maximum atomic E-state index is 12.7. The molecule has 0 aromatic carbocycles. The van der Waals surface area contributed by atoms with Gasteiger partial charge >= 0.3 is 17.9 Å². The molecule has 6 nitrogen and oxygen atoms in total. The van der Waals surface area contributed by atoms with Crippen LogP contribution >= 0.6 is 0 Å². The van der Waals surface area contributed by atoms with E-state index < -0.39 is 6.10 Å². The Kier molecular flexibility index (Phi) is 40.3. The third kappa shape index (κ3) is 41.4. The Morgan fingerprint density at radius 3 is 0.925 bits per heavy atom. The van der Waals surface area contributed by atoms with Crippen molar-refractivity contribution in [1.29, 1.82) is 0 Å². The van der Waals surface area contributed by atoms with Crippen molar-refractivity contribution in [2.45, 2.75) is 265 Å². The maximum absolute atomic E-state index is 12.7. The summed E-state index contributed by atoms with van der Waals surface area (Å²) >= 11 is 0. The molecule has 0 saturated carbocycles. The number of unbranched alkanes of at least 4 members (excludes halogenated alkanes) is 29. The van der Waals surface area contributed by atoms with Crippen molar-refractivity contribution in [2.75, 3.05) is 13.2 Å². The lowest BCUT2D eigenvalue weighted by Gasteiger charge is -2.18. The van der Waals surface area contributed by atoms with Gasteiger partial charge in [0.25, 0.3) is 0 Å². The van der Waals surface area contributed by atoms with Gasteiger partial charge in [-0.05, 0) is 25.2 Å². The number of carbonyl (C=O) groups is 3. The minimum absolute atomic E-state index is 0.0640. The van der Waals surface area contributed by atoms with Gasteiger partial charge in [-0.25, -0.2) is 0 Å². The Labute approximate surface area is 329 Å². The second kappa shape index (κ2) is 41.6. The fraction of sp³-hybridized carbons (Fsp3) is 0.936. The summed E-state index contributed by atoms with van der Waals surface area (Å²) in [5, 5.41) is 0. The van der Waals surface area contributed by atoms with Gasteiger partial charge < -0.3 is 14.2 Å². The second-order valence-corrected chi connectivity index (χ2v) is 16.5. The average molecular weight is 751 g/mol. The predicted molar refractivity (Wildman–Crippen MR) is 224 cm³/mol. The summed E-state index contributed by atoms with van der Waals surface area (Å²) in [6, 6.07) is 0. The van der Waals surface area contributed by atoms with Crippen LogP contribution in [0.1, 0.15) is 259 Å². The number of ether oxygens (including phenoxy) is 3. The van der Waals surface area contributed by atoms with Gasteiger partial charge in [0, 0.05) is 19.3 Å². The van der Waals surface area contributed by atoms with Crippen molar-refractivity contribution in [3.8, 4) is 0 Å². The van der Waals surface area contributed by atoms with Crippen molar-refractivity contribution >= 4 is 17.9 Å². The van der Waals surface area contributed by atoms with Crippen LogP contribution < -0.4 is 0 Å². The van der Waals surface area contributed by atoms with Gasteiger partial charge in [-0.1, -0.05) is 220 Å². The molecule has 0 spiro atoms. The van der Waals surface area contributed by atoms with Crippen LogP contribution in [0.4, 0.5) is 0 Å². The minimum Gasteiger partial charge on any atom is -0.462 e. The van der Waals surface area contributed by atoms with E-state index in [0.717, 1.165) is 63.7 Å². The fourth-order valence-corrected chi connectivity index (χ4v) is 6.98. The van der Waals surface area contributed by atoms with Crippen molar-refractivity contribution < 1.29 is 28.6 Å². The van der Waals surface area contributed by atoms with Gasteiger partial charge in [0.15, 0.2) is 6.10 Å². The number of hydrogen-bond donors (Lipinski definition) is 0. The molecular weight excluding hydrogens is 661 g/mol. The Bertz CT molecular complexity index is 796. The molecule has 314 valence electrons. The van der Waals surface area contributed by atoms with Gasteiger partial charge in [0.2, 0.25) is 0 Å². The maximum Gasteiger partial charge on any atom is 0.306 e. The van der Waals surface area contributed by atoms with Gasteiger partial charge in [0.05, 0.1) is 0 Å². The molecule has 0 saturated heterocycles. The van der Waals surface area contributed by atoms with Gasteiger partial charge in [-0.15, -0.1) is 0 Å². The molecule has 0 N–H and O–H groups in total. The fourth-order valence-electron chi connectivity index (χ4n) is 6.98. The highest BCUT2D eigenvalue weighted by Gasteiger charge is 2.19. The molecule has 53 heavy (non-hydrogen) atoms. The van der Waals surface area contributed by atoms with E-state index in [1.807, 2.05) is 0 Å². The number of carbonyl (C=O) groups excluding carboxylic acids is 3. The summed E-state index contributed by atoms with van der Waals surface area (Å²) in [7, 11) is 0. The highest BCUT2D eigenvalue weighted by atomic mass is 16.6. The molecule has 0 unspecified atom stereocenters. The Balaban J connectivity index is 4.25. The zero-order valence-electron chi connectivity index (χ0n) is 36.0. The molecular formula is C47H90O6. The van der Waals surface area contributed by atoms with Gasteiger partial charge in [-0.2, -0.15) is 0 Å². The first-order valence-corrected chi connectivity index (χ1v) is 23.4. The third-order valence-corrected chi connectivity index (χ3v) is 10.5. The van der Waals surface area contributed by atoms with Crippen molar-refractivity contribution in [3.63, 3.8) is 0 Å². The molecule has 0 heterocycles. The van der Waals surface area contributed by atoms with Crippen molar-refractivity contribution in [3.05, 3.63) is 0 Å². The standard InChI is InChI=1S/C47H90O6/c1-5-7-9-11-13-14-15-16-17-20-24-28-32-36-40-47(50)53-44(41-51-45(48)38-34-30-25-12-10-8-6-2)42-52-46(49)39-35-31-27-23-21-18-19-22-26-29-33-37-43(3)4/h43-44H,5-42H2,1-4H3/t44-/m0/s1. The molecule has 0 aromatic heterocycles. The highest BCUT2D eigenvalue weighted by Crippen LogP contribution is 2.16. The highest BCUT2D eigenvalue weighted by molar-refractivity contribution is 5.71. The molecule has 0 aliphatic heterocycles. The lowest BCUT2D eigenvalue weighted by molar-refractivity contribution is -0.167. The monoisotopic (exact) mass is 751 g/mol. The molecule has 0 aliphatic rings. The quantitative estimate of drug-likeness (QED) is 0.0351. The lowest BCUT2D eigenvalue weighted by atomic mass is 10.0. The second-order valence-electron chi connectivity index (χ2n) is 16.5. The number of esters is 3. The van der Waals surface area contributed by atoms with Crippen LogP contribution in [0.5, 0.6) is 0 Å². The predicted octanol–water partition coefficient (Wildman–Crippen LogP) is 14.7. The molecule has 0 amide bonds. The SMILES string of the molecule is CCCCCCCCCCCCCCCCC(=O)O[C@@H](COC(=O)CCCCCCCCC)COC(=O)CCCCCCCCCCCCCC(C)C. The van der Waals surface area contributed by atoms with E-state index in [0.29, 0.717) is 19.3 Å². The van der Waals surface area contributed by atoms with Crippen LogP contribution in [0.25, 0.3) is 0 Å². The van der Waals surface area contributed by atoms with Crippen molar-refractivity contribution in [2.24, 2.45) is 5.92 Å². The lowest BCUT2D eigenvalue weighted by Crippen LogP contribution is -2.30. The van der Waals surface area contributed by atoms with E-state index in [1.165, 1.54) is 154 Å². The van der Waals surface area contributed by atoms with Crippen LogP contribution in [0.2, 0.25) is 0 Å². The molecule has 0 bridgehead atoms. The summed E-state index contributed by atoms with van der Waals surface area (Å²) in [4.78, 5) is 37.6. The summed E-state index contributed by atoms with van der Waals surface area (Å²) in [6.45, 7) is 8.96. The smallest absolute Gasteiger partial charge is 0.306 e. The number of rotatable bonds is 42. The van der Waals surface area contributed by atoms with Crippen molar-refractivity contribution in [1.82, 2.24) is 0 Å². The Morgan fingerprint density at radius 2 is 0.623 bits per heavy atom. The van der Waals surface area contributed by atoms with Crippen LogP contribution in [-0.4, -0.2) is 37.2 Å². The largest absolute Gasteiger partial charge is 0.462 e. The summed E-state index contributed by atoms with van der Waals surface area (Å²) in [5.41, 5.74) is 0. The molecule has 0 aliphatic carbocycles. The number of hydrogen-bond acceptors (Lipinski definition) is 6. The molecule has 0 fully saturated rings. The first-order chi connectivity index (χ1) is 25.9. The Morgan fingerprint density at radius 1 is 0.358 bits per heavy atom. The minimum atomic E-state index is -0.758. The van der Waals surface area contributed by atoms with Gasteiger partial charge in [-0.3, -0.25) is 14.4 Å². The zero-order valence-corrected chi connectivity index (χ0v) is 36.0. The molecule has 0 rings (SSSR count). The summed E-state index contributed by atoms with van der Waals surface area (Å²) in [6.07, 6.45) is 40.9. The van der Waals surface area contributed by atoms with Crippen LogP contribution in [-0.2, 0) is 28.6 Å².